The molecule has 1 heterocycles. The van der Waals surface area contributed by atoms with Gasteiger partial charge in [0, 0.05) is 51.3 Å². The van der Waals surface area contributed by atoms with Crippen molar-refractivity contribution in [2.75, 3.05) is 105 Å². The standard InChI is InChI=1S/C31H64N2O6/c1-3-4-5-6-7-8-9-10-11-12-13-14-31(2,30-35)29-33-18-23-38-27-25-36-21-16-32(15-20-34)17-22-37-26-28-39-24-19-33/h34-35H,3-30H2,1-2H3. The quantitative estimate of drug-likeness (QED) is 0.254. The van der Waals surface area contributed by atoms with Gasteiger partial charge in [-0.15, -0.1) is 0 Å². The second kappa shape index (κ2) is 26.6. The molecule has 8 heteroatoms. The molecule has 39 heavy (non-hydrogen) atoms. The van der Waals surface area contributed by atoms with Crippen molar-refractivity contribution in [1.29, 1.82) is 0 Å². The summed E-state index contributed by atoms with van der Waals surface area (Å²) in [5.41, 5.74) is -0.108. The summed E-state index contributed by atoms with van der Waals surface area (Å²) in [7, 11) is 0. The number of unbranched alkanes of at least 4 members (excludes halogenated alkanes) is 10. The molecule has 0 radical (unpaired) electrons. The second-order valence-electron chi connectivity index (χ2n) is 11.5. The molecular weight excluding hydrogens is 496 g/mol. The molecule has 234 valence electrons. The van der Waals surface area contributed by atoms with Crippen LogP contribution in [0.1, 0.15) is 90.9 Å². The number of hydrogen-bond donors (Lipinski definition) is 2. The Labute approximate surface area is 240 Å². The van der Waals surface area contributed by atoms with Crippen molar-refractivity contribution in [3.05, 3.63) is 0 Å². The molecule has 1 atom stereocenters. The van der Waals surface area contributed by atoms with E-state index in [4.69, 9.17) is 18.9 Å². The monoisotopic (exact) mass is 560 g/mol. The van der Waals surface area contributed by atoms with Crippen LogP contribution < -0.4 is 0 Å². The Morgan fingerprint density at radius 1 is 0.564 bits per heavy atom. The number of ether oxygens (including phenoxy) is 4. The van der Waals surface area contributed by atoms with E-state index < -0.39 is 0 Å². The Morgan fingerprint density at radius 3 is 1.38 bits per heavy atom. The lowest BCUT2D eigenvalue weighted by Crippen LogP contribution is -2.41. The van der Waals surface area contributed by atoms with Crippen molar-refractivity contribution in [2.24, 2.45) is 5.41 Å². The maximum absolute atomic E-state index is 10.3. The van der Waals surface area contributed by atoms with Crippen LogP contribution in [0.5, 0.6) is 0 Å². The second-order valence-corrected chi connectivity index (χ2v) is 11.5. The van der Waals surface area contributed by atoms with Crippen molar-refractivity contribution >= 4 is 0 Å². The molecule has 2 N–H and O–H groups in total. The van der Waals surface area contributed by atoms with Crippen LogP contribution in [0.25, 0.3) is 0 Å². The van der Waals surface area contributed by atoms with E-state index in [0.717, 1.165) is 39.1 Å². The summed E-state index contributed by atoms with van der Waals surface area (Å²) in [5, 5.41) is 19.5. The lowest BCUT2D eigenvalue weighted by Gasteiger charge is -2.34. The van der Waals surface area contributed by atoms with Crippen molar-refractivity contribution in [1.82, 2.24) is 9.80 Å². The first-order valence-corrected chi connectivity index (χ1v) is 16.1. The molecule has 0 spiro atoms. The van der Waals surface area contributed by atoms with Gasteiger partial charge in [-0.25, -0.2) is 0 Å². The lowest BCUT2D eigenvalue weighted by atomic mass is 9.84. The van der Waals surface area contributed by atoms with Crippen molar-refractivity contribution in [2.45, 2.75) is 90.9 Å². The first-order chi connectivity index (χ1) is 19.1. The van der Waals surface area contributed by atoms with Crippen molar-refractivity contribution in [3.8, 4) is 0 Å². The van der Waals surface area contributed by atoms with E-state index in [-0.39, 0.29) is 18.6 Å². The fraction of sp³-hybridized carbons (Fsp3) is 1.00. The molecule has 0 aromatic carbocycles. The van der Waals surface area contributed by atoms with E-state index in [1.165, 1.54) is 70.6 Å². The number of aliphatic hydroxyl groups is 2. The van der Waals surface area contributed by atoms with E-state index in [0.29, 0.717) is 59.4 Å². The molecule has 1 unspecified atom stereocenters. The summed E-state index contributed by atoms with van der Waals surface area (Å²) >= 11 is 0. The molecule has 8 nitrogen and oxygen atoms in total. The highest BCUT2D eigenvalue weighted by molar-refractivity contribution is 4.78. The summed E-state index contributed by atoms with van der Waals surface area (Å²) in [6.45, 7) is 14.3. The minimum atomic E-state index is -0.108. The van der Waals surface area contributed by atoms with E-state index in [9.17, 15) is 10.2 Å². The van der Waals surface area contributed by atoms with E-state index in [1.54, 1.807) is 0 Å². The first kappa shape index (κ1) is 36.7. The van der Waals surface area contributed by atoms with Gasteiger partial charge in [0.05, 0.1) is 59.5 Å². The first-order valence-electron chi connectivity index (χ1n) is 16.1. The highest BCUT2D eigenvalue weighted by Crippen LogP contribution is 2.26. The van der Waals surface area contributed by atoms with Gasteiger partial charge in [0.2, 0.25) is 0 Å². The average Bonchev–Trinajstić information content (AvgIpc) is 2.93. The smallest absolute Gasteiger partial charge is 0.0701 e. The highest BCUT2D eigenvalue weighted by Gasteiger charge is 2.26. The van der Waals surface area contributed by atoms with Gasteiger partial charge < -0.3 is 29.2 Å². The number of nitrogens with zero attached hydrogens (tertiary/aromatic N) is 2. The topological polar surface area (TPSA) is 83.9 Å². The molecule has 0 amide bonds. The fourth-order valence-corrected chi connectivity index (χ4v) is 5.13. The molecule has 0 saturated carbocycles. The zero-order chi connectivity index (χ0) is 28.3. The van der Waals surface area contributed by atoms with Crippen LogP contribution >= 0.6 is 0 Å². The summed E-state index contributed by atoms with van der Waals surface area (Å²) in [5.74, 6) is 0. The molecule has 1 aliphatic heterocycles. The predicted octanol–water partition coefficient (Wildman–Crippen LogP) is 4.36. The zero-order valence-electron chi connectivity index (χ0n) is 25.7. The molecular formula is C31H64N2O6. The van der Waals surface area contributed by atoms with Gasteiger partial charge in [-0.2, -0.15) is 0 Å². The third-order valence-corrected chi connectivity index (χ3v) is 7.74. The average molecular weight is 561 g/mol. The molecule has 0 aliphatic carbocycles. The van der Waals surface area contributed by atoms with Gasteiger partial charge in [-0.1, -0.05) is 84.5 Å². The van der Waals surface area contributed by atoms with Crippen LogP contribution in [-0.4, -0.2) is 125 Å². The van der Waals surface area contributed by atoms with Crippen molar-refractivity contribution < 1.29 is 29.2 Å². The minimum Gasteiger partial charge on any atom is -0.396 e. The number of aliphatic hydroxyl groups excluding tert-OH is 2. The summed E-state index contributed by atoms with van der Waals surface area (Å²) in [6.07, 6.45) is 15.8. The maximum Gasteiger partial charge on any atom is 0.0701 e. The van der Waals surface area contributed by atoms with Crippen LogP contribution in [0.4, 0.5) is 0 Å². The van der Waals surface area contributed by atoms with Gasteiger partial charge in [-0.05, 0) is 6.42 Å². The van der Waals surface area contributed by atoms with Crippen LogP contribution in [0.2, 0.25) is 0 Å². The number of hydrogen-bond acceptors (Lipinski definition) is 8. The Kier molecular flexibility index (Phi) is 25.0. The van der Waals surface area contributed by atoms with Crippen LogP contribution in [0.15, 0.2) is 0 Å². The fourth-order valence-electron chi connectivity index (χ4n) is 5.13. The van der Waals surface area contributed by atoms with Crippen LogP contribution in [0, 0.1) is 5.41 Å². The number of β-amino-alcohol motifs (C(OH)–C–C–N with tert-alkyl or cyclic N) is 1. The summed E-state index contributed by atoms with van der Waals surface area (Å²) in [6, 6.07) is 0. The molecule has 0 aromatic heterocycles. The largest absolute Gasteiger partial charge is 0.396 e. The minimum absolute atomic E-state index is 0.108. The number of rotatable bonds is 17. The molecule has 0 bridgehead atoms. The lowest BCUT2D eigenvalue weighted by molar-refractivity contribution is -0.00277. The van der Waals surface area contributed by atoms with Gasteiger partial charge in [0.15, 0.2) is 0 Å². The maximum atomic E-state index is 10.3. The third kappa shape index (κ3) is 22.0. The SMILES string of the molecule is CCCCCCCCCCCCCC(C)(CO)CN1CCOCCOCCN(CCO)CCOCCOCC1. The van der Waals surface area contributed by atoms with Crippen molar-refractivity contribution in [3.63, 3.8) is 0 Å². The molecule has 1 rings (SSSR count). The Balaban J connectivity index is 2.34. The van der Waals surface area contributed by atoms with Crippen LogP contribution in [0.3, 0.4) is 0 Å². The van der Waals surface area contributed by atoms with Gasteiger partial charge in [0.25, 0.3) is 0 Å². The third-order valence-electron chi connectivity index (χ3n) is 7.74. The summed E-state index contributed by atoms with van der Waals surface area (Å²) < 4.78 is 23.2. The van der Waals surface area contributed by atoms with Gasteiger partial charge in [-0.3, -0.25) is 9.80 Å². The predicted molar refractivity (Wildman–Crippen MR) is 160 cm³/mol. The molecule has 1 aliphatic rings. The molecule has 1 saturated heterocycles. The van der Waals surface area contributed by atoms with E-state index in [1.807, 2.05) is 0 Å². The summed E-state index contributed by atoms with van der Waals surface area (Å²) in [4.78, 5) is 4.53. The van der Waals surface area contributed by atoms with E-state index in [2.05, 4.69) is 23.6 Å². The Bertz CT molecular complexity index is 495. The van der Waals surface area contributed by atoms with E-state index >= 15 is 0 Å². The highest BCUT2D eigenvalue weighted by atomic mass is 16.5. The van der Waals surface area contributed by atoms with Gasteiger partial charge in [0.1, 0.15) is 0 Å². The molecule has 1 fully saturated rings. The zero-order valence-corrected chi connectivity index (χ0v) is 25.7. The Morgan fingerprint density at radius 2 is 0.974 bits per heavy atom. The Hall–Kier alpha value is -0.320. The molecule has 0 aromatic rings. The van der Waals surface area contributed by atoms with Crippen LogP contribution in [-0.2, 0) is 18.9 Å². The van der Waals surface area contributed by atoms with Gasteiger partial charge >= 0.3 is 0 Å². The normalized spacial score (nSPS) is 20.3.